The largest absolute Gasteiger partial charge is 0.451 e. The number of anilines is 2. The first kappa shape index (κ1) is 25.6. The summed E-state index contributed by atoms with van der Waals surface area (Å²) in [6.07, 6.45) is 3.48. The first-order valence-corrected chi connectivity index (χ1v) is 13.0. The molecule has 5 rings (SSSR count). The predicted octanol–water partition coefficient (Wildman–Crippen LogP) is 6.87. The molecule has 1 aliphatic heterocycles. The van der Waals surface area contributed by atoms with Gasteiger partial charge in [-0.05, 0) is 60.2 Å². The molecular formula is C30H25Cl2N3O3. The van der Waals surface area contributed by atoms with E-state index in [2.05, 4.69) is 10.2 Å². The summed E-state index contributed by atoms with van der Waals surface area (Å²) in [6, 6.07) is 26.0. The summed E-state index contributed by atoms with van der Waals surface area (Å²) in [5.41, 5.74) is 3.31. The molecule has 3 aromatic carbocycles. The molecule has 1 N–H and O–H groups in total. The van der Waals surface area contributed by atoms with Crippen molar-refractivity contribution in [3.8, 4) is 11.3 Å². The fourth-order valence-electron chi connectivity index (χ4n) is 4.27. The highest BCUT2D eigenvalue weighted by atomic mass is 35.5. The lowest BCUT2D eigenvalue weighted by Crippen LogP contribution is -2.48. The van der Waals surface area contributed by atoms with E-state index in [1.165, 1.54) is 0 Å². The number of nitrogens with one attached hydrogen (secondary N) is 1. The minimum Gasteiger partial charge on any atom is -0.451 e. The van der Waals surface area contributed by atoms with Crippen LogP contribution < -0.4 is 10.2 Å². The van der Waals surface area contributed by atoms with Crippen LogP contribution in [0.2, 0.25) is 10.0 Å². The molecule has 0 bridgehead atoms. The summed E-state index contributed by atoms with van der Waals surface area (Å²) in [7, 11) is 0. The van der Waals surface area contributed by atoms with Crippen molar-refractivity contribution in [2.75, 3.05) is 36.4 Å². The normalized spacial score (nSPS) is 13.6. The van der Waals surface area contributed by atoms with Gasteiger partial charge in [0.05, 0.1) is 10.0 Å². The van der Waals surface area contributed by atoms with Gasteiger partial charge in [0, 0.05) is 49.2 Å². The molecule has 192 valence electrons. The molecule has 2 amide bonds. The molecule has 8 heteroatoms. The van der Waals surface area contributed by atoms with Crippen molar-refractivity contribution in [3.63, 3.8) is 0 Å². The number of carbonyl (C=O) groups is 2. The smallest absolute Gasteiger partial charge is 0.291 e. The number of nitrogens with zero attached hydrogens (tertiary/aromatic N) is 2. The SMILES string of the molecule is O=C(Nc1ccc(N2CCN(C(=O)/C=C/c3ccccc3)CC2)cc1)c1ccc(-c2cccc(Cl)c2Cl)o1. The van der Waals surface area contributed by atoms with Gasteiger partial charge in [0.2, 0.25) is 5.91 Å². The summed E-state index contributed by atoms with van der Waals surface area (Å²) in [6.45, 7) is 2.76. The molecule has 1 fully saturated rings. The number of benzene rings is 3. The van der Waals surface area contributed by atoms with Gasteiger partial charge in [0.15, 0.2) is 5.76 Å². The van der Waals surface area contributed by atoms with Gasteiger partial charge < -0.3 is 19.5 Å². The lowest BCUT2D eigenvalue weighted by molar-refractivity contribution is -0.126. The van der Waals surface area contributed by atoms with E-state index in [-0.39, 0.29) is 17.6 Å². The number of hydrogen-bond donors (Lipinski definition) is 1. The van der Waals surface area contributed by atoms with Gasteiger partial charge >= 0.3 is 0 Å². The van der Waals surface area contributed by atoms with Gasteiger partial charge in [0.1, 0.15) is 5.76 Å². The van der Waals surface area contributed by atoms with E-state index >= 15 is 0 Å². The van der Waals surface area contributed by atoms with E-state index in [1.807, 2.05) is 65.6 Å². The second-order valence-electron chi connectivity index (χ2n) is 8.82. The molecule has 4 aromatic rings. The third-order valence-corrected chi connectivity index (χ3v) is 7.17. The minimum atomic E-state index is -0.363. The average Bonchev–Trinajstić information content (AvgIpc) is 3.45. The Morgan fingerprint density at radius 2 is 1.55 bits per heavy atom. The van der Waals surface area contributed by atoms with Crippen molar-refractivity contribution in [1.29, 1.82) is 0 Å². The Labute approximate surface area is 231 Å². The summed E-state index contributed by atoms with van der Waals surface area (Å²) in [4.78, 5) is 29.4. The van der Waals surface area contributed by atoms with Crippen LogP contribution in [0.3, 0.4) is 0 Å². The number of amides is 2. The number of hydrogen-bond acceptors (Lipinski definition) is 4. The minimum absolute atomic E-state index is 0.0188. The Morgan fingerprint density at radius 3 is 2.29 bits per heavy atom. The summed E-state index contributed by atoms with van der Waals surface area (Å²) in [5.74, 6) is 0.288. The van der Waals surface area contributed by atoms with Crippen LogP contribution in [-0.2, 0) is 4.79 Å². The van der Waals surface area contributed by atoms with Gasteiger partial charge in [0.25, 0.3) is 5.91 Å². The molecule has 38 heavy (non-hydrogen) atoms. The summed E-state index contributed by atoms with van der Waals surface area (Å²) in [5, 5.41) is 3.65. The zero-order valence-corrected chi connectivity index (χ0v) is 22.0. The zero-order chi connectivity index (χ0) is 26.5. The van der Waals surface area contributed by atoms with E-state index in [1.54, 1.807) is 36.4 Å². The van der Waals surface area contributed by atoms with Crippen molar-refractivity contribution in [2.24, 2.45) is 0 Å². The molecule has 0 spiro atoms. The van der Waals surface area contributed by atoms with Crippen LogP contribution in [0.25, 0.3) is 17.4 Å². The van der Waals surface area contributed by atoms with Crippen molar-refractivity contribution in [3.05, 3.63) is 112 Å². The molecule has 0 atom stereocenters. The van der Waals surface area contributed by atoms with E-state index in [4.69, 9.17) is 27.6 Å². The maximum Gasteiger partial charge on any atom is 0.291 e. The maximum absolute atomic E-state index is 12.7. The molecule has 2 heterocycles. The van der Waals surface area contributed by atoms with Gasteiger partial charge in [-0.3, -0.25) is 9.59 Å². The third kappa shape index (κ3) is 5.93. The molecule has 0 radical (unpaired) electrons. The van der Waals surface area contributed by atoms with Crippen LogP contribution >= 0.6 is 23.2 Å². The van der Waals surface area contributed by atoms with E-state index < -0.39 is 0 Å². The molecule has 6 nitrogen and oxygen atoms in total. The Hall–Kier alpha value is -4.00. The number of piperazine rings is 1. The lowest BCUT2D eigenvalue weighted by atomic mass is 10.2. The highest BCUT2D eigenvalue weighted by Gasteiger charge is 2.20. The first-order valence-electron chi connectivity index (χ1n) is 12.2. The predicted molar refractivity (Wildman–Crippen MR) is 153 cm³/mol. The Kier molecular flexibility index (Phi) is 7.82. The Morgan fingerprint density at radius 1 is 0.816 bits per heavy atom. The number of halogens is 2. The number of carbonyl (C=O) groups excluding carboxylic acids is 2. The Bertz CT molecular complexity index is 1460. The van der Waals surface area contributed by atoms with Crippen molar-refractivity contribution >= 4 is 52.5 Å². The van der Waals surface area contributed by atoms with Crippen molar-refractivity contribution in [2.45, 2.75) is 0 Å². The molecule has 1 aliphatic rings. The Balaban J connectivity index is 1.15. The molecule has 1 aromatic heterocycles. The summed E-state index contributed by atoms with van der Waals surface area (Å²) >= 11 is 12.4. The number of furan rings is 1. The van der Waals surface area contributed by atoms with Crippen molar-refractivity contribution in [1.82, 2.24) is 4.90 Å². The lowest BCUT2D eigenvalue weighted by Gasteiger charge is -2.35. The molecular weight excluding hydrogens is 521 g/mol. The van der Waals surface area contributed by atoms with Gasteiger partial charge in [-0.25, -0.2) is 0 Å². The zero-order valence-electron chi connectivity index (χ0n) is 20.4. The topological polar surface area (TPSA) is 65.8 Å². The van der Waals surface area contributed by atoms with E-state index in [0.717, 1.165) is 24.3 Å². The molecule has 0 unspecified atom stereocenters. The van der Waals surface area contributed by atoms with Crippen LogP contribution in [-0.4, -0.2) is 42.9 Å². The molecule has 0 saturated carbocycles. The van der Waals surface area contributed by atoms with Gasteiger partial charge in [-0.1, -0.05) is 59.6 Å². The first-order chi connectivity index (χ1) is 18.5. The van der Waals surface area contributed by atoms with E-state index in [0.29, 0.717) is 40.1 Å². The standard InChI is InChI=1S/C30H25Cl2N3O3/c31-25-8-4-7-24(29(25)32)26-14-15-27(38-26)30(37)33-22-10-12-23(13-11-22)34-17-19-35(20-18-34)28(36)16-9-21-5-2-1-3-6-21/h1-16H,17-20H2,(H,33,37)/b16-9+. The second kappa shape index (κ2) is 11.6. The monoisotopic (exact) mass is 545 g/mol. The summed E-state index contributed by atoms with van der Waals surface area (Å²) < 4.78 is 5.73. The number of rotatable bonds is 6. The quantitative estimate of drug-likeness (QED) is 0.268. The highest BCUT2D eigenvalue weighted by molar-refractivity contribution is 6.43. The van der Waals surface area contributed by atoms with Crippen molar-refractivity contribution < 1.29 is 14.0 Å². The van der Waals surface area contributed by atoms with Crippen LogP contribution in [0.15, 0.2) is 95.4 Å². The second-order valence-corrected chi connectivity index (χ2v) is 9.61. The maximum atomic E-state index is 12.7. The fourth-order valence-corrected chi connectivity index (χ4v) is 4.66. The average molecular weight is 546 g/mol. The van der Waals surface area contributed by atoms with Crippen LogP contribution in [0.4, 0.5) is 11.4 Å². The third-order valence-electron chi connectivity index (χ3n) is 6.35. The molecule has 0 aliphatic carbocycles. The molecule has 1 saturated heterocycles. The van der Waals surface area contributed by atoms with Crippen LogP contribution in [0.5, 0.6) is 0 Å². The fraction of sp³-hybridized carbons (Fsp3) is 0.133. The van der Waals surface area contributed by atoms with Gasteiger partial charge in [-0.15, -0.1) is 0 Å². The highest BCUT2D eigenvalue weighted by Crippen LogP contribution is 2.34. The van der Waals surface area contributed by atoms with Crippen LogP contribution in [0.1, 0.15) is 16.1 Å². The van der Waals surface area contributed by atoms with E-state index in [9.17, 15) is 9.59 Å². The van der Waals surface area contributed by atoms with Gasteiger partial charge in [-0.2, -0.15) is 0 Å². The van der Waals surface area contributed by atoms with Crippen LogP contribution in [0, 0.1) is 0 Å².